The summed E-state index contributed by atoms with van der Waals surface area (Å²) in [6, 6.07) is 0. The summed E-state index contributed by atoms with van der Waals surface area (Å²) in [6.07, 6.45) is 16.5. The molecule has 204 valence electrons. The first-order chi connectivity index (χ1) is 16.9. The van der Waals surface area contributed by atoms with Gasteiger partial charge in [0.05, 0.1) is 6.42 Å². The lowest BCUT2D eigenvalue weighted by atomic mass is 9.41. The molecule has 4 heteroatoms. The van der Waals surface area contributed by atoms with Crippen LogP contribution in [0.25, 0.3) is 0 Å². The molecule has 0 spiro atoms. The molecule has 8 atom stereocenters. The maximum absolute atomic E-state index is 12.2. The van der Waals surface area contributed by atoms with Gasteiger partial charge >= 0.3 is 5.97 Å². The zero-order valence-corrected chi connectivity index (χ0v) is 24.0. The number of hydrogen-bond acceptors (Lipinski definition) is 3. The van der Waals surface area contributed by atoms with Crippen LogP contribution < -0.4 is 5.73 Å². The molecule has 0 radical (unpaired) electrons. The van der Waals surface area contributed by atoms with E-state index in [1.54, 1.807) is 0 Å². The molecule has 0 aromatic carbocycles. The summed E-state index contributed by atoms with van der Waals surface area (Å²) < 4.78 is 5.78. The van der Waals surface area contributed by atoms with E-state index in [9.17, 15) is 9.59 Å². The molecule has 4 rings (SSSR count). The van der Waals surface area contributed by atoms with Gasteiger partial charge in [0.15, 0.2) is 0 Å². The number of esters is 1. The Labute approximate surface area is 220 Å². The molecule has 4 aliphatic rings. The smallest absolute Gasteiger partial charge is 0.306 e. The number of carbonyl (C=O) groups is 2. The molecule has 0 aromatic rings. The molecule has 0 bridgehead atoms. The average molecular weight is 500 g/mol. The van der Waals surface area contributed by atoms with Crippen molar-refractivity contribution in [3.8, 4) is 0 Å². The van der Waals surface area contributed by atoms with Crippen LogP contribution in [0, 0.1) is 45.8 Å². The van der Waals surface area contributed by atoms with Gasteiger partial charge in [-0.05, 0) is 90.8 Å². The number of primary amides is 1. The summed E-state index contributed by atoms with van der Waals surface area (Å²) in [5.41, 5.74) is 7.82. The van der Waals surface area contributed by atoms with Crippen molar-refractivity contribution in [2.45, 2.75) is 131 Å². The van der Waals surface area contributed by atoms with E-state index in [-0.39, 0.29) is 30.3 Å². The van der Waals surface area contributed by atoms with Crippen molar-refractivity contribution in [3.63, 3.8) is 0 Å². The van der Waals surface area contributed by atoms with Crippen LogP contribution in [-0.4, -0.2) is 18.0 Å². The highest BCUT2D eigenvalue weighted by atomic mass is 16.5. The van der Waals surface area contributed by atoms with E-state index in [0.717, 1.165) is 48.9 Å². The second-order valence-electron chi connectivity index (χ2n) is 14.3. The molecule has 3 saturated carbocycles. The first kappa shape index (κ1) is 27.7. The zero-order valence-electron chi connectivity index (χ0n) is 24.0. The number of nitrogens with two attached hydrogens (primary N) is 1. The number of ether oxygens (including phenoxy) is 1. The van der Waals surface area contributed by atoms with Crippen LogP contribution in [0.4, 0.5) is 0 Å². The van der Waals surface area contributed by atoms with Crippen molar-refractivity contribution in [1.29, 1.82) is 0 Å². The number of hydrogen-bond donors (Lipinski definition) is 1. The number of amides is 1. The Morgan fingerprint density at radius 1 is 0.972 bits per heavy atom. The van der Waals surface area contributed by atoms with Gasteiger partial charge in [-0.3, -0.25) is 9.59 Å². The molecule has 0 heterocycles. The summed E-state index contributed by atoms with van der Waals surface area (Å²) >= 11 is 0. The quantitative estimate of drug-likeness (QED) is 0.262. The second-order valence-corrected chi connectivity index (χ2v) is 14.3. The van der Waals surface area contributed by atoms with Crippen LogP contribution in [0.15, 0.2) is 11.6 Å². The first-order valence-electron chi connectivity index (χ1n) is 15.1. The number of carbonyl (C=O) groups excluding carboxylic acids is 2. The molecule has 36 heavy (non-hydrogen) atoms. The summed E-state index contributed by atoms with van der Waals surface area (Å²) in [4.78, 5) is 23.3. The van der Waals surface area contributed by atoms with Crippen LogP contribution in [-0.2, 0) is 14.3 Å². The number of allylic oxidation sites excluding steroid dienone is 1. The lowest BCUT2D eigenvalue weighted by Crippen LogP contribution is -2.56. The maximum Gasteiger partial charge on any atom is 0.306 e. The van der Waals surface area contributed by atoms with Crippen molar-refractivity contribution >= 4 is 11.9 Å². The van der Waals surface area contributed by atoms with E-state index in [4.69, 9.17) is 10.5 Å². The molecular weight excluding hydrogens is 446 g/mol. The van der Waals surface area contributed by atoms with Crippen LogP contribution in [0.3, 0.4) is 0 Å². The molecule has 4 aliphatic carbocycles. The minimum absolute atomic E-state index is 0.0505. The fourth-order valence-electron chi connectivity index (χ4n) is 9.88. The Bertz CT molecular complexity index is 863. The van der Waals surface area contributed by atoms with Gasteiger partial charge in [0.25, 0.3) is 0 Å². The van der Waals surface area contributed by atoms with Gasteiger partial charge in [-0.15, -0.1) is 0 Å². The summed E-state index contributed by atoms with van der Waals surface area (Å²) in [6.45, 7) is 15.1. The second kappa shape index (κ2) is 10.4. The third-order valence-electron chi connectivity index (χ3n) is 11.7. The largest absolute Gasteiger partial charge is 0.462 e. The van der Waals surface area contributed by atoms with Gasteiger partial charge in [0.1, 0.15) is 6.10 Å². The van der Waals surface area contributed by atoms with E-state index in [0.29, 0.717) is 10.8 Å². The van der Waals surface area contributed by atoms with Gasteiger partial charge in [0.2, 0.25) is 5.91 Å². The minimum atomic E-state index is -0.444. The average Bonchev–Trinajstić information content (AvgIpc) is 3.16. The van der Waals surface area contributed by atoms with Crippen molar-refractivity contribution < 1.29 is 14.3 Å². The molecule has 0 unspecified atom stereocenters. The standard InChI is InChI=1S/C32H53NO3/c1-21(2)8-7-9-22(3)25-10-11-26-31(25,5)19-16-27-30(4)18-15-24(36-29(35)13-12-28(33)34)20-23(30)14-17-32(26,27)6/h14,21-22,24-27H,7-13,15-20H2,1-6H3,(H2,33,34)/t22-,24+,25-,26-,27-,30+,31-,32+/m1/s1. The fourth-order valence-corrected chi connectivity index (χ4v) is 9.88. The van der Waals surface area contributed by atoms with E-state index in [1.165, 1.54) is 56.9 Å². The molecule has 0 saturated heterocycles. The van der Waals surface area contributed by atoms with Crippen molar-refractivity contribution in [2.75, 3.05) is 0 Å². The monoisotopic (exact) mass is 499 g/mol. The Morgan fingerprint density at radius 2 is 1.72 bits per heavy atom. The molecule has 2 N–H and O–H groups in total. The Hall–Kier alpha value is -1.32. The number of fused-ring (bicyclic) bond motifs is 5. The van der Waals surface area contributed by atoms with Crippen molar-refractivity contribution in [3.05, 3.63) is 11.6 Å². The zero-order chi connectivity index (χ0) is 26.3. The number of rotatable bonds is 9. The van der Waals surface area contributed by atoms with Crippen LogP contribution in [0.1, 0.15) is 125 Å². The molecule has 1 amide bonds. The van der Waals surface area contributed by atoms with Gasteiger partial charge in [-0.2, -0.15) is 0 Å². The van der Waals surface area contributed by atoms with Gasteiger partial charge in [-0.25, -0.2) is 0 Å². The van der Waals surface area contributed by atoms with Gasteiger partial charge < -0.3 is 10.5 Å². The molecule has 3 fully saturated rings. The highest BCUT2D eigenvalue weighted by Crippen LogP contribution is 2.72. The van der Waals surface area contributed by atoms with Crippen LogP contribution in [0.2, 0.25) is 0 Å². The third kappa shape index (κ3) is 5.04. The van der Waals surface area contributed by atoms with E-state index in [1.807, 2.05) is 0 Å². The van der Waals surface area contributed by atoms with Gasteiger partial charge in [0, 0.05) is 12.8 Å². The van der Waals surface area contributed by atoms with Crippen molar-refractivity contribution in [1.82, 2.24) is 0 Å². The highest BCUT2D eigenvalue weighted by Gasteiger charge is 2.64. The third-order valence-corrected chi connectivity index (χ3v) is 11.7. The predicted molar refractivity (Wildman–Crippen MR) is 146 cm³/mol. The van der Waals surface area contributed by atoms with E-state index in [2.05, 4.69) is 47.6 Å². The minimum Gasteiger partial charge on any atom is -0.462 e. The van der Waals surface area contributed by atoms with Crippen molar-refractivity contribution in [2.24, 2.45) is 51.6 Å². The summed E-state index contributed by atoms with van der Waals surface area (Å²) in [5, 5.41) is 0. The fraction of sp³-hybridized carbons (Fsp3) is 0.875. The maximum atomic E-state index is 12.2. The topological polar surface area (TPSA) is 69.4 Å². The van der Waals surface area contributed by atoms with Gasteiger partial charge in [-0.1, -0.05) is 72.5 Å². The summed E-state index contributed by atoms with van der Waals surface area (Å²) in [7, 11) is 0. The van der Waals surface area contributed by atoms with Crippen LogP contribution in [0.5, 0.6) is 0 Å². The van der Waals surface area contributed by atoms with E-state index >= 15 is 0 Å². The summed E-state index contributed by atoms with van der Waals surface area (Å²) in [5.74, 6) is 3.35. The first-order valence-corrected chi connectivity index (χ1v) is 15.1. The molecule has 4 nitrogen and oxygen atoms in total. The molecule has 0 aliphatic heterocycles. The highest BCUT2D eigenvalue weighted by molar-refractivity contribution is 5.80. The lowest BCUT2D eigenvalue weighted by molar-refractivity contribution is -0.154. The van der Waals surface area contributed by atoms with Crippen LogP contribution >= 0.6 is 0 Å². The molecule has 0 aromatic heterocycles. The Kier molecular flexibility index (Phi) is 8.04. The predicted octanol–water partition coefficient (Wildman–Crippen LogP) is 7.60. The molecular formula is C32H53NO3. The SMILES string of the molecule is CC(C)CCC[C@@H](C)[C@H]1CC[C@@H]2[C@]1(C)CC[C@H]1[C@@]2(C)CC=C2C[C@@H](OC(=O)CCC(N)=O)CC[C@@]21C. The Morgan fingerprint density at radius 3 is 2.42 bits per heavy atom. The Balaban J connectivity index is 1.45. The normalized spacial score (nSPS) is 40.6. The lowest BCUT2D eigenvalue weighted by Gasteiger charge is -2.63. The van der Waals surface area contributed by atoms with E-state index < -0.39 is 5.91 Å².